The number of hydrogen-bond donors (Lipinski definition) is 1. The molecule has 15 heavy (non-hydrogen) atoms. The first kappa shape index (κ1) is 8.88. The molecule has 0 radical (unpaired) electrons. The summed E-state index contributed by atoms with van der Waals surface area (Å²) >= 11 is 0. The number of carbonyl (C=O) groups is 1. The zero-order chi connectivity index (χ0) is 10.6. The third-order valence-electron chi connectivity index (χ3n) is 3.19. The normalized spacial score (nSPS) is 29.1. The second kappa shape index (κ2) is 2.81. The first-order valence-electron chi connectivity index (χ1n) is 5.30. The fourth-order valence-electron chi connectivity index (χ4n) is 2.01. The summed E-state index contributed by atoms with van der Waals surface area (Å²) in [5, 5.41) is 13.2. The van der Waals surface area contributed by atoms with Gasteiger partial charge < -0.3 is 5.11 Å². The third kappa shape index (κ3) is 1.42. The molecule has 5 heteroatoms. The highest BCUT2D eigenvalue weighted by Crippen LogP contribution is 2.47. The maximum Gasteiger partial charge on any atom is 0.307 e. The molecule has 0 aromatic carbocycles. The molecule has 0 spiro atoms. The van der Waals surface area contributed by atoms with E-state index in [0.717, 1.165) is 11.6 Å². The van der Waals surface area contributed by atoms with Crippen LogP contribution >= 0.6 is 0 Å². The van der Waals surface area contributed by atoms with Gasteiger partial charge in [-0.3, -0.25) is 9.48 Å². The molecule has 0 aliphatic heterocycles. The Hall–Kier alpha value is -1.39. The molecule has 0 amide bonds. The molecular weight excluding hydrogens is 194 g/mol. The van der Waals surface area contributed by atoms with Gasteiger partial charge in [0.15, 0.2) is 5.82 Å². The van der Waals surface area contributed by atoms with Gasteiger partial charge in [-0.05, 0) is 19.3 Å². The molecule has 1 aromatic heterocycles. The van der Waals surface area contributed by atoms with E-state index in [1.165, 1.54) is 12.8 Å². The molecule has 2 aliphatic carbocycles. The van der Waals surface area contributed by atoms with Gasteiger partial charge in [-0.15, -0.1) is 0 Å². The van der Waals surface area contributed by atoms with Gasteiger partial charge in [0, 0.05) is 18.9 Å². The number of carboxylic acids is 1. The topological polar surface area (TPSA) is 68.0 Å². The molecule has 3 rings (SSSR count). The number of carboxylic acid groups (broad SMARTS) is 1. The van der Waals surface area contributed by atoms with Crippen molar-refractivity contribution in [3.63, 3.8) is 0 Å². The van der Waals surface area contributed by atoms with E-state index >= 15 is 0 Å². The van der Waals surface area contributed by atoms with Crippen LogP contribution in [0.5, 0.6) is 0 Å². The minimum absolute atomic E-state index is 0.0903. The van der Waals surface area contributed by atoms with Crippen LogP contribution in [0.4, 0.5) is 0 Å². The van der Waals surface area contributed by atoms with Gasteiger partial charge in [0.2, 0.25) is 0 Å². The molecule has 0 saturated heterocycles. The van der Waals surface area contributed by atoms with Crippen LogP contribution in [0.25, 0.3) is 0 Å². The largest absolute Gasteiger partial charge is 0.481 e. The Balaban J connectivity index is 1.83. The molecule has 2 unspecified atom stereocenters. The van der Waals surface area contributed by atoms with Crippen molar-refractivity contribution in [2.45, 2.75) is 31.1 Å². The third-order valence-corrected chi connectivity index (χ3v) is 3.19. The summed E-state index contributed by atoms with van der Waals surface area (Å²) in [7, 11) is 1.85. The van der Waals surface area contributed by atoms with E-state index in [4.69, 9.17) is 5.11 Å². The molecule has 2 aliphatic rings. The van der Waals surface area contributed by atoms with Crippen LogP contribution in [-0.4, -0.2) is 25.8 Å². The molecule has 5 nitrogen and oxygen atoms in total. The van der Waals surface area contributed by atoms with Crippen molar-refractivity contribution in [3.05, 3.63) is 11.6 Å². The molecule has 2 atom stereocenters. The quantitative estimate of drug-likeness (QED) is 0.798. The van der Waals surface area contributed by atoms with Crippen LogP contribution < -0.4 is 0 Å². The SMILES string of the molecule is Cn1nc(C2CC2)nc1C1CC1C(=O)O. The van der Waals surface area contributed by atoms with E-state index in [1.54, 1.807) is 4.68 Å². The first-order chi connectivity index (χ1) is 7.16. The average Bonchev–Trinajstić information content (AvgIpc) is 3.07. The Kier molecular flexibility index (Phi) is 1.66. The van der Waals surface area contributed by atoms with Crippen LogP contribution in [-0.2, 0) is 11.8 Å². The lowest BCUT2D eigenvalue weighted by atomic mass is 10.3. The predicted octanol–water partition coefficient (Wildman–Crippen LogP) is 0.881. The van der Waals surface area contributed by atoms with Crippen molar-refractivity contribution in [1.29, 1.82) is 0 Å². The van der Waals surface area contributed by atoms with Gasteiger partial charge in [0.25, 0.3) is 0 Å². The van der Waals surface area contributed by atoms with E-state index < -0.39 is 5.97 Å². The standard InChI is InChI=1S/C10H13N3O2/c1-13-9(6-4-7(6)10(14)15)11-8(12-13)5-2-3-5/h5-7H,2-4H2,1H3,(H,14,15). The van der Waals surface area contributed by atoms with Crippen LogP contribution in [0, 0.1) is 5.92 Å². The second-order valence-corrected chi connectivity index (χ2v) is 4.51. The lowest BCUT2D eigenvalue weighted by molar-refractivity contribution is -0.138. The molecule has 1 N–H and O–H groups in total. The van der Waals surface area contributed by atoms with E-state index in [9.17, 15) is 4.79 Å². The maximum absolute atomic E-state index is 10.8. The molecular formula is C10H13N3O2. The highest BCUT2D eigenvalue weighted by molar-refractivity contribution is 5.74. The molecule has 1 aromatic rings. The zero-order valence-electron chi connectivity index (χ0n) is 8.55. The van der Waals surface area contributed by atoms with Gasteiger partial charge in [0.1, 0.15) is 5.82 Å². The average molecular weight is 207 g/mol. The van der Waals surface area contributed by atoms with Gasteiger partial charge in [0.05, 0.1) is 5.92 Å². The Labute approximate surface area is 87.1 Å². The van der Waals surface area contributed by atoms with Crippen LogP contribution in [0.3, 0.4) is 0 Å². The Bertz CT molecular complexity index is 422. The highest BCUT2D eigenvalue weighted by Gasteiger charge is 2.47. The summed E-state index contributed by atoms with van der Waals surface area (Å²) < 4.78 is 1.75. The van der Waals surface area contributed by atoms with Gasteiger partial charge >= 0.3 is 5.97 Å². The number of rotatable bonds is 3. The summed E-state index contributed by atoms with van der Waals surface area (Å²) in [5.41, 5.74) is 0. The number of nitrogens with zero attached hydrogens (tertiary/aromatic N) is 3. The lowest BCUT2D eigenvalue weighted by Crippen LogP contribution is -2.03. The predicted molar refractivity (Wildman–Crippen MR) is 51.5 cm³/mol. The Morgan fingerprint density at radius 3 is 2.80 bits per heavy atom. The molecule has 0 bridgehead atoms. The van der Waals surface area contributed by atoms with Crippen molar-refractivity contribution < 1.29 is 9.90 Å². The van der Waals surface area contributed by atoms with E-state index in [1.807, 2.05) is 7.05 Å². The fraction of sp³-hybridized carbons (Fsp3) is 0.700. The summed E-state index contributed by atoms with van der Waals surface area (Å²) in [6, 6.07) is 0. The Morgan fingerprint density at radius 2 is 2.27 bits per heavy atom. The van der Waals surface area contributed by atoms with Gasteiger partial charge in [-0.2, -0.15) is 5.10 Å². The van der Waals surface area contributed by atoms with Crippen LogP contribution in [0.1, 0.15) is 42.7 Å². The van der Waals surface area contributed by atoms with Crippen molar-refractivity contribution in [2.24, 2.45) is 13.0 Å². The molecule has 1 heterocycles. The highest BCUT2D eigenvalue weighted by atomic mass is 16.4. The molecule has 2 saturated carbocycles. The van der Waals surface area contributed by atoms with Crippen molar-refractivity contribution >= 4 is 5.97 Å². The van der Waals surface area contributed by atoms with Crippen molar-refractivity contribution in [1.82, 2.24) is 14.8 Å². The Morgan fingerprint density at radius 1 is 1.53 bits per heavy atom. The lowest BCUT2D eigenvalue weighted by Gasteiger charge is -1.95. The van der Waals surface area contributed by atoms with Gasteiger partial charge in [-0.25, -0.2) is 4.98 Å². The summed E-state index contributed by atoms with van der Waals surface area (Å²) in [6.45, 7) is 0. The monoisotopic (exact) mass is 207 g/mol. The zero-order valence-corrected chi connectivity index (χ0v) is 8.55. The number of hydrogen-bond acceptors (Lipinski definition) is 3. The maximum atomic E-state index is 10.8. The van der Waals surface area contributed by atoms with E-state index in [-0.39, 0.29) is 11.8 Å². The smallest absolute Gasteiger partial charge is 0.307 e. The minimum atomic E-state index is -0.712. The van der Waals surface area contributed by atoms with Crippen LogP contribution in [0.2, 0.25) is 0 Å². The summed E-state index contributed by atoms with van der Waals surface area (Å²) in [5.74, 6) is 1.43. The van der Waals surface area contributed by atoms with E-state index in [2.05, 4.69) is 10.1 Å². The van der Waals surface area contributed by atoms with Gasteiger partial charge in [-0.1, -0.05) is 0 Å². The van der Waals surface area contributed by atoms with E-state index in [0.29, 0.717) is 12.3 Å². The summed E-state index contributed by atoms with van der Waals surface area (Å²) in [4.78, 5) is 15.2. The van der Waals surface area contributed by atoms with Crippen molar-refractivity contribution in [2.75, 3.05) is 0 Å². The first-order valence-corrected chi connectivity index (χ1v) is 5.30. The number of aryl methyl sites for hydroxylation is 1. The van der Waals surface area contributed by atoms with Crippen molar-refractivity contribution in [3.8, 4) is 0 Å². The number of aliphatic carboxylic acids is 1. The van der Waals surface area contributed by atoms with Crippen LogP contribution in [0.15, 0.2) is 0 Å². The second-order valence-electron chi connectivity index (χ2n) is 4.51. The minimum Gasteiger partial charge on any atom is -0.481 e. The molecule has 80 valence electrons. The summed E-state index contributed by atoms with van der Waals surface area (Å²) in [6.07, 6.45) is 3.07. The number of aromatic nitrogens is 3. The fourth-order valence-corrected chi connectivity index (χ4v) is 2.01. The molecule has 2 fully saturated rings.